The fraction of sp³-hybridized carbons (Fsp3) is 0. The molecule has 4 rings (SSSR count). The zero-order chi connectivity index (χ0) is 15.5. The highest BCUT2D eigenvalue weighted by atomic mass is 15.0. The van der Waals surface area contributed by atoms with Crippen molar-refractivity contribution in [3.05, 3.63) is 96.3 Å². The zero-order valence-corrected chi connectivity index (χ0v) is 12.6. The minimum absolute atomic E-state index is 0.957. The SMILES string of the molecule is C(=C\c1ccn2cc(-c3ccccc3)nc2c1)/c1ccccc1. The third-order valence-corrected chi connectivity index (χ3v) is 3.82. The molecule has 2 aromatic heterocycles. The van der Waals surface area contributed by atoms with Crippen LogP contribution in [0.3, 0.4) is 0 Å². The van der Waals surface area contributed by atoms with E-state index >= 15 is 0 Å². The minimum atomic E-state index is 0.957. The highest BCUT2D eigenvalue weighted by Gasteiger charge is 2.03. The molecular formula is C21H16N2. The lowest BCUT2D eigenvalue weighted by molar-refractivity contribution is 1.18. The van der Waals surface area contributed by atoms with E-state index in [0.29, 0.717) is 0 Å². The van der Waals surface area contributed by atoms with Gasteiger partial charge in [-0.1, -0.05) is 72.8 Å². The molecule has 0 aliphatic rings. The van der Waals surface area contributed by atoms with E-state index in [1.807, 2.05) is 36.4 Å². The maximum Gasteiger partial charge on any atom is 0.138 e. The van der Waals surface area contributed by atoms with Crippen molar-refractivity contribution >= 4 is 17.8 Å². The van der Waals surface area contributed by atoms with Gasteiger partial charge in [0.2, 0.25) is 0 Å². The predicted octanol–water partition coefficient (Wildman–Crippen LogP) is 5.17. The second-order valence-electron chi connectivity index (χ2n) is 5.46. The van der Waals surface area contributed by atoms with Crippen LogP contribution < -0.4 is 0 Å². The Morgan fingerprint density at radius 1 is 0.739 bits per heavy atom. The highest BCUT2D eigenvalue weighted by molar-refractivity contribution is 5.72. The van der Waals surface area contributed by atoms with E-state index in [-0.39, 0.29) is 0 Å². The summed E-state index contributed by atoms with van der Waals surface area (Å²) in [5.74, 6) is 0. The smallest absolute Gasteiger partial charge is 0.138 e. The predicted molar refractivity (Wildman–Crippen MR) is 96.0 cm³/mol. The van der Waals surface area contributed by atoms with Gasteiger partial charge >= 0.3 is 0 Å². The van der Waals surface area contributed by atoms with Gasteiger partial charge in [0.1, 0.15) is 5.65 Å². The molecule has 4 aromatic rings. The van der Waals surface area contributed by atoms with Gasteiger partial charge in [-0.3, -0.25) is 0 Å². The zero-order valence-electron chi connectivity index (χ0n) is 12.6. The summed E-state index contributed by atoms with van der Waals surface area (Å²) >= 11 is 0. The maximum absolute atomic E-state index is 4.73. The normalized spacial score (nSPS) is 11.3. The van der Waals surface area contributed by atoms with E-state index < -0.39 is 0 Å². The molecule has 2 heteroatoms. The van der Waals surface area contributed by atoms with Crippen LogP contribution in [0.1, 0.15) is 11.1 Å². The summed E-state index contributed by atoms with van der Waals surface area (Å²) in [6.45, 7) is 0. The van der Waals surface area contributed by atoms with E-state index in [9.17, 15) is 0 Å². The fourth-order valence-electron chi connectivity index (χ4n) is 2.61. The first-order chi connectivity index (χ1) is 11.4. The molecule has 0 bridgehead atoms. The summed E-state index contributed by atoms with van der Waals surface area (Å²) in [4.78, 5) is 4.73. The van der Waals surface area contributed by atoms with Crippen LogP contribution in [0.4, 0.5) is 0 Å². The van der Waals surface area contributed by atoms with Gasteiger partial charge in [0, 0.05) is 18.0 Å². The molecule has 0 amide bonds. The molecule has 2 heterocycles. The van der Waals surface area contributed by atoms with Crippen LogP contribution in [0.15, 0.2) is 85.2 Å². The van der Waals surface area contributed by atoms with Gasteiger partial charge in [-0.05, 0) is 23.3 Å². The topological polar surface area (TPSA) is 17.3 Å². The number of fused-ring (bicyclic) bond motifs is 1. The lowest BCUT2D eigenvalue weighted by Gasteiger charge is -1.96. The van der Waals surface area contributed by atoms with E-state index in [2.05, 4.69) is 65.3 Å². The standard InChI is InChI=1S/C21H16N2/c1-3-7-17(8-4-1)11-12-18-13-14-23-16-20(22-21(23)15-18)19-9-5-2-6-10-19/h1-16H/b12-11+. The van der Waals surface area contributed by atoms with Gasteiger partial charge in [0.15, 0.2) is 0 Å². The third kappa shape index (κ3) is 2.92. The average molecular weight is 296 g/mol. The summed E-state index contributed by atoms with van der Waals surface area (Å²) in [5.41, 5.74) is 5.43. The van der Waals surface area contributed by atoms with Crippen molar-refractivity contribution in [3.63, 3.8) is 0 Å². The van der Waals surface area contributed by atoms with Crippen LogP contribution in [0, 0.1) is 0 Å². The third-order valence-electron chi connectivity index (χ3n) is 3.82. The Kier molecular flexibility index (Phi) is 3.49. The number of rotatable bonds is 3. The number of hydrogen-bond donors (Lipinski definition) is 0. The molecule has 23 heavy (non-hydrogen) atoms. The van der Waals surface area contributed by atoms with Gasteiger partial charge in [0.05, 0.1) is 5.69 Å². The maximum atomic E-state index is 4.73. The Hall–Kier alpha value is -3.13. The number of aromatic nitrogens is 2. The summed E-state index contributed by atoms with van der Waals surface area (Å²) < 4.78 is 2.06. The number of pyridine rings is 1. The number of benzene rings is 2. The fourth-order valence-corrected chi connectivity index (χ4v) is 2.61. The first kappa shape index (κ1) is 13.5. The number of imidazole rings is 1. The lowest BCUT2D eigenvalue weighted by Crippen LogP contribution is -1.82. The van der Waals surface area contributed by atoms with Crippen molar-refractivity contribution in [2.75, 3.05) is 0 Å². The van der Waals surface area contributed by atoms with Crippen LogP contribution in [0.5, 0.6) is 0 Å². The van der Waals surface area contributed by atoms with Crippen LogP contribution in [0.25, 0.3) is 29.1 Å². The highest BCUT2D eigenvalue weighted by Crippen LogP contribution is 2.19. The van der Waals surface area contributed by atoms with E-state index in [1.165, 1.54) is 5.56 Å². The minimum Gasteiger partial charge on any atom is -0.306 e. The van der Waals surface area contributed by atoms with Gasteiger partial charge < -0.3 is 4.40 Å². The Morgan fingerprint density at radius 3 is 2.22 bits per heavy atom. The van der Waals surface area contributed by atoms with Crippen molar-refractivity contribution in [3.8, 4) is 11.3 Å². The lowest BCUT2D eigenvalue weighted by atomic mass is 10.1. The summed E-state index contributed by atoms with van der Waals surface area (Å²) in [6, 6.07) is 24.8. The quantitative estimate of drug-likeness (QED) is 0.509. The molecular weight excluding hydrogens is 280 g/mol. The Bertz CT molecular complexity index is 951. The van der Waals surface area contributed by atoms with Crippen molar-refractivity contribution in [1.82, 2.24) is 9.38 Å². The molecule has 0 radical (unpaired) electrons. The summed E-state index contributed by atoms with van der Waals surface area (Å²) in [5, 5.41) is 0. The molecule has 0 aliphatic carbocycles. The first-order valence-corrected chi connectivity index (χ1v) is 7.66. The molecule has 0 atom stereocenters. The molecule has 0 saturated heterocycles. The largest absolute Gasteiger partial charge is 0.306 e. The van der Waals surface area contributed by atoms with Gasteiger partial charge in [-0.2, -0.15) is 0 Å². The molecule has 110 valence electrons. The summed E-state index contributed by atoms with van der Waals surface area (Å²) in [6.07, 6.45) is 8.36. The second kappa shape index (κ2) is 5.93. The van der Waals surface area contributed by atoms with E-state index in [0.717, 1.165) is 22.5 Å². The van der Waals surface area contributed by atoms with E-state index in [4.69, 9.17) is 4.98 Å². The number of hydrogen-bond acceptors (Lipinski definition) is 1. The molecule has 0 fully saturated rings. The van der Waals surface area contributed by atoms with Crippen LogP contribution in [-0.2, 0) is 0 Å². The van der Waals surface area contributed by atoms with Gasteiger partial charge in [0.25, 0.3) is 0 Å². The van der Waals surface area contributed by atoms with Crippen molar-refractivity contribution < 1.29 is 0 Å². The molecule has 2 aromatic carbocycles. The van der Waals surface area contributed by atoms with Crippen LogP contribution in [0.2, 0.25) is 0 Å². The Balaban J connectivity index is 1.67. The van der Waals surface area contributed by atoms with Gasteiger partial charge in [-0.15, -0.1) is 0 Å². The number of nitrogens with zero attached hydrogens (tertiary/aromatic N) is 2. The monoisotopic (exact) mass is 296 g/mol. The van der Waals surface area contributed by atoms with Crippen molar-refractivity contribution in [2.45, 2.75) is 0 Å². The van der Waals surface area contributed by atoms with Gasteiger partial charge in [-0.25, -0.2) is 4.98 Å². The molecule has 0 unspecified atom stereocenters. The molecule has 0 aliphatic heterocycles. The second-order valence-corrected chi connectivity index (χ2v) is 5.46. The Labute approximate surface area is 135 Å². The Morgan fingerprint density at radius 2 is 1.43 bits per heavy atom. The first-order valence-electron chi connectivity index (χ1n) is 7.66. The van der Waals surface area contributed by atoms with E-state index in [1.54, 1.807) is 0 Å². The van der Waals surface area contributed by atoms with Crippen LogP contribution in [-0.4, -0.2) is 9.38 Å². The average Bonchev–Trinajstić information content (AvgIpc) is 3.05. The summed E-state index contributed by atoms with van der Waals surface area (Å²) in [7, 11) is 0. The molecule has 0 saturated carbocycles. The van der Waals surface area contributed by atoms with Crippen molar-refractivity contribution in [1.29, 1.82) is 0 Å². The molecule has 0 spiro atoms. The molecule has 0 N–H and O–H groups in total. The molecule has 2 nitrogen and oxygen atoms in total. The van der Waals surface area contributed by atoms with Crippen molar-refractivity contribution in [2.24, 2.45) is 0 Å². The van der Waals surface area contributed by atoms with Crippen LogP contribution >= 0.6 is 0 Å².